The van der Waals surface area contributed by atoms with Gasteiger partial charge in [-0.25, -0.2) is 0 Å². The Labute approximate surface area is 155 Å². The molecule has 8 heteroatoms. The average Bonchev–Trinajstić information content (AvgIpc) is 2.59. The highest BCUT2D eigenvalue weighted by Crippen LogP contribution is 2.19. The summed E-state index contributed by atoms with van der Waals surface area (Å²) in [6.07, 6.45) is 5.40. The molecule has 0 radical (unpaired) electrons. The molecule has 7 nitrogen and oxygen atoms in total. The van der Waals surface area contributed by atoms with Crippen molar-refractivity contribution in [3.05, 3.63) is 0 Å². The van der Waals surface area contributed by atoms with Crippen LogP contribution < -0.4 is 10.6 Å². The second-order valence-corrected chi connectivity index (χ2v) is 6.87. The van der Waals surface area contributed by atoms with Gasteiger partial charge >= 0.3 is 5.97 Å². The number of hydrogen-bond donors (Lipinski definition) is 3. The molecule has 1 unspecified atom stereocenters. The number of carboxylic acids is 1. The van der Waals surface area contributed by atoms with Crippen LogP contribution in [0.2, 0.25) is 0 Å². The van der Waals surface area contributed by atoms with E-state index in [9.17, 15) is 14.4 Å². The molecule has 25 heavy (non-hydrogen) atoms. The van der Waals surface area contributed by atoms with Gasteiger partial charge in [0.15, 0.2) is 0 Å². The van der Waals surface area contributed by atoms with E-state index >= 15 is 0 Å². The summed E-state index contributed by atoms with van der Waals surface area (Å²) < 4.78 is 0. The van der Waals surface area contributed by atoms with Gasteiger partial charge < -0.3 is 20.6 Å². The van der Waals surface area contributed by atoms with Crippen molar-refractivity contribution in [1.82, 2.24) is 15.5 Å². The number of carbonyl (C=O) groups is 3. The molecule has 0 bridgehead atoms. The number of carboxylic acid groups (broad SMARTS) is 1. The van der Waals surface area contributed by atoms with Crippen LogP contribution in [-0.2, 0) is 14.4 Å². The average molecular weight is 376 g/mol. The van der Waals surface area contributed by atoms with Gasteiger partial charge in [0.05, 0.1) is 6.42 Å². The van der Waals surface area contributed by atoms with Crippen LogP contribution in [0.4, 0.5) is 0 Å². The lowest BCUT2D eigenvalue weighted by Crippen LogP contribution is -2.49. The molecule has 144 valence electrons. The van der Waals surface area contributed by atoms with Crippen molar-refractivity contribution in [2.24, 2.45) is 5.92 Å². The topological polar surface area (TPSA) is 98.7 Å². The number of likely N-dealkylation sites (tertiary alicyclic amines) is 1. The molecule has 2 aliphatic rings. The Kier molecular flexibility index (Phi) is 9.82. The van der Waals surface area contributed by atoms with Crippen molar-refractivity contribution < 1.29 is 19.5 Å². The molecule has 2 heterocycles. The third-order valence-corrected chi connectivity index (χ3v) is 4.93. The summed E-state index contributed by atoms with van der Waals surface area (Å²) in [4.78, 5) is 36.5. The van der Waals surface area contributed by atoms with Crippen LogP contribution in [0.3, 0.4) is 0 Å². The fraction of sp³-hybridized carbons (Fsp3) is 0.824. The van der Waals surface area contributed by atoms with Crippen LogP contribution >= 0.6 is 12.4 Å². The second kappa shape index (κ2) is 11.3. The quantitative estimate of drug-likeness (QED) is 0.620. The highest BCUT2D eigenvalue weighted by molar-refractivity contribution is 5.85. The zero-order valence-corrected chi connectivity index (χ0v) is 15.5. The van der Waals surface area contributed by atoms with Crippen molar-refractivity contribution in [3.8, 4) is 0 Å². The number of piperidine rings is 2. The Morgan fingerprint density at radius 3 is 2.48 bits per heavy atom. The number of aliphatic carboxylic acids is 1. The van der Waals surface area contributed by atoms with Gasteiger partial charge in [-0.1, -0.05) is 0 Å². The lowest BCUT2D eigenvalue weighted by atomic mass is 9.93. The zero-order chi connectivity index (χ0) is 17.4. The molecule has 0 aromatic rings. The highest BCUT2D eigenvalue weighted by Gasteiger charge is 2.25. The highest BCUT2D eigenvalue weighted by atomic mass is 35.5. The van der Waals surface area contributed by atoms with Gasteiger partial charge in [0, 0.05) is 32.0 Å². The first kappa shape index (κ1) is 21.7. The van der Waals surface area contributed by atoms with Crippen LogP contribution in [-0.4, -0.2) is 60.0 Å². The van der Waals surface area contributed by atoms with Gasteiger partial charge in [0.25, 0.3) is 0 Å². The van der Waals surface area contributed by atoms with Crippen molar-refractivity contribution >= 4 is 30.2 Å². The van der Waals surface area contributed by atoms with Crippen LogP contribution in [0, 0.1) is 5.92 Å². The minimum atomic E-state index is -0.969. The van der Waals surface area contributed by atoms with Crippen molar-refractivity contribution in [1.29, 1.82) is 0 Å². The Hall–Kier alpha value is -1.34. The molecule has 2 rings (SSSR count). The van der Waals surface area contributed by atoms with Crippen LogP contribution in [0.1, 0.15) is 51.4 Å². The molecule has 0 aromatic carbocycles. The Morgan fingerprint density at radius 2 is 1.80 bits per heavy atom. The van der Waals surface area contributed by atoms with Crippen LogP contribution in [0.15, 0.2) is 0 Å². The second-order valence-electron chi connectivity index (χ2n) is 6.87. The van der Waals surface area contributed by atoms with E-state index < -0.39 is 5.97 Å². The summed E-state index contributed by atoms with van der Waals surface area (Å²) in [6.45, 7) is 3.40. The number of rotatable bonds is 7. The van der Waals surface area contributed by atoms with E-state index in [4.69, 9.17) is 5.11 Å². The van der Waals surface area contributed by atoms with E-state index in [0.717, 1.165) is 51.7 Å². The number of carbonyl (C=O) groups excluding carboxylic acids is 2. The van der Waals surface area contributed by atoms with Gasteiger partial charge in [-0.3, -0.25) is 14.4 Å². The molecule has 3 N–H and O–H groups in total. The van der Waals surface area contributed by atoms with E-state index in [-0.39, 0.29) is 43.1 Å². The maximum atomic E-state index is 12.4. The molecule has 1 atom stereocenters. The number of nitrogens with one attached hydrogen (secondary N) is 2. The first-order valence-corrected chi connectivity index (χ1v) is 9.04. The molecule has 0 saturated carbocycles. The smallest absolute Gasteiger partial charge is 0.303 e. The summed E-state index contributed by atoms with van der Waals surface area (Å²) >= 11 is 0. The Morgan fingerprint density at radius 1 is 1.08 bits per heavy atom. The standard InChI is InChI=1S/C17H29N3O4.ClH/c21-15(4-6-17(23)24)19-14-2-1-11-20(12-14)16(22)5-3-13-7-9-18-10-8-13;/h13-14,18H,1-12H2,(H,19,21)(H,23,24);1H. The first-order chi connectivity index (χ1) is 11.5. The fourth-order valence-corrected chi connectivity index (χ4v) is 3.50. The van der Waals surface area contributed by atoms with Gasteiger partial charge in [-0.2, -0.15) is 0 Å². The van der Waals surface area contributed by atoms with Gasteiger partial charge in [-0.05, 0) is 51.1 Å². The number of hydrogen-bond acceptors (Lipinski definition) is 4. The largest absolute Gasteiger partial charge is 0.481 e. The molecule has 2 saturated heterocycles. The summed E-state index contributed by atoms with van der Waals surface area (Å²) in [6, 6.07) is -0.0529. The predicted octanol–water partition coefficient (Wildman–Crippen LogP) is 1.16. The minimum absolute atomic E-state index is 0. The van der Waals surface area contributed by atoms with E-state index in [1.54, 1.807) is 0 Å². The van der Waals surface area contributed by atoms with E-state index in [2.05, 4.69) is 10.6 Å². The van der Waals surface area contributed by atoms with E-state index in [1.165, 1.54) is 0 Å². The molecule has 0 aliphatic carbocycles. The molecule has 2 amide bonds. The Balaban J connectivity index is 0.00000312. The lowest BCUT2D eigenvalue weighted by molar-refractivity contribution is -0.139. The Bertz CT molecular complexity index is 455. The normalized spacial score (nSPS) is 21.3. The predicted molar refractivity (Wildman–Crippen MR) is 96.7 cm³/mol. The SMILES string of the molecule is Cl.O=C(O)CCC(=O)NC1CCCN(C(=O)CCC2CCNCC2)C1. The van der Waals surface area contributed by atoms with Gasteiger partial charge in [-0.15, -0.1) is 12.4 Å². The number of halogens is 1. The van der Waals surface area contributed by atoms with Crippen LogP contribution in [0.5, 0.6) is 0 Å². The van der Waals surface area contributed by atoms with Crippen LogP contribution in [0.25, 0.3) is 0 Å². The summed E-state index contributed by atoms with van der Waals surface area (Å²) in [5.41, 5.74) is 0. The van der Waals surface area contributed by atoms with Gasteiger partial charge in [0.1, 0.15) is 0 Å². The summed E-state index contributed by atoms with van der Waals surface area (Å²) in [5.74, 6) is -0.389. The number of nitrogens with zero attached hydrogens (tertiary/aromatic N) is 1. The molecular weight excluding hydrogens is 346 g/mol. The van der Waals surface area contributed by atoms with E-state index in [0.29, 0.717) is 18.9 Å². The third-order valence-electron chi connectivity index (χ3n) is 4.93. The molecule has 2 fully saturated rings. The summed E-state index contributed by atoms with van der Waals surface area (Å²) in [5, 5.41) is 14.8. The van der Waals surface area contributed by atoms with Gasteiger partial charge in [0.2, 0.25) is 11.8 Å². The number of amides is 2. The van der Waals surface area contributed by atoms with Crippen molar-refractivity contribution in [2.75, 3.05) is 26.2 Å². The molecule has 0 aromatic heterocycles. The lowest BCUT2D eigenvalue weighted by Gasteiger charge is -2.33. The zero-order valence-electron chi connectivity index (χ0n) is 14.7. The maximum Gasteiger partial charge on any atom is 0.303 e. The summed E-state index contributed by atoms with van der Waals surface area (Å²) in [7, 11) is 0. The fourth-order valence-electron chi connectivity index (χ4n) is 3.50. The minimum Gasteiger partial charge on any atom is -0.481 e. The molecular formula is C17H30ClN3O4. The third kappa shape index (κ3) is 8.05. The molecule has 2 aliphatic heterocycles. The van der Waals surface area contributed by atoms with Crippen molar-refractivity contribution in [2.45, 2.75) is 57.4 Å². The first-order valence-electron chi connectivity index (χ1n) is 9.04. The monoisotopic (exact) mass is 375 g/mol. The molecule has 0 spiro atoms. The van der Waals surface area contributed by atoms with E-state index in [1.807, 2.05) is 4.90 Å². The maximum absolute atomic E-state index is 12.4. The van der Waals surface area contributed by atoms with Crippen molar-refractivity contribution in [3.63, 3.8) is 0 Å².